The third-order valence-electron chi connectivity index (χ3n) is 3.76. The van der Waals surface area contributed by atoms with Crippen molar-refractivity contribution >= 4 is 12.1 Å². The maximum Gasteiger partial charge on any atom is 0.573 e. The third kappa shape index (κ3) is 7.65. The molecule has 0 saturated heterocycles. The predicted octanol–water partition coefficient (Wildman–Crippen LogP) is 4.77. The van der Waals surface area contributed by atoms with Crippen molar-refractivity contribution < 1.29 is 37.3 Å². The Bertz CT molecular complexity index is 906. The van der Waals surface area contributed by atoms with E-state index in [4.69, 9.17) is 4.74 Å². The molecule has 9 heteroatoms. The molecule has 1 atom stereocenters. The van der Waals surface area contributed by atoms with Gasteiger partial charge in [0.05, 0.1) is 0 Å². The first-order valence-corrected chi connectivity index (χ1v) is 9.00. The lowest BCUT2D eigenvalue weighted by Gasteiger charge is -2.22. The highest BCUT2D eigenvalue weighted by atomic mass is 19.4. The van der Waals surface area contributed by atoms with Crippen LogP contribution < -0.4 is 10.1 Å². The van der Waals surface area contributed by atoms with Crippen LogP contribution in [-0.2, 0) is 16.0 Å². The monoisotopic (exact) mass is 425 g/mol. The second-order valence-electron chi connectivity index (χ2n) is 7.52. The number of alkyl carbamates (subject to hydrolysis) is 1. The molecule has 0 aliphatic heterocycles. The molecule has 1 amide bonds. The van der Waals surface area contributed by atoms with Gasteiger partial charge in [0.1, 0.15) is 17.4 Å². The van der Waals surface area contributed by atoms with E-state index in [-0.39, 0.29) is 12.2 Å². The molecule has 2 aromatic carbocycles. The number of carbonyl (C=O) groups is 2. The summed E-state index contributed by atoms with van der Waals surface area (Å²) in [5, 5.41) is 11.7. The molecule has 2 N–H and O–H groups in total. The lowest BCUT2D eigenvalue weighted by atomic mass is 9.99. The van der Waals surface area contributed by atoms with E-state index >= 15 is 0 Å². The van der Waals surface area contributed by atoms with Gasteiger partial charge in [0.15, 0.2) is 0 Å². The molecular weight excluding hydrogens is 403 g/mol. The first-order chi connectivity index (χ1) is 13.8. The zero-order chi connectivity index (χ0) is 22.5. The average molecular weight is 425 g/mol. The number of carboxylic acids is 1. The fraction of sp³-hybridized carbons (Fsp3) is 0.333. The Morgan fingerprint density at radius 3 is 2.20 bits per heavy atom. The molecule has 6 nitrogen and oxygen atoms in total. The quantitative estimate of drug-likeness (QED) is 0.696. The summed E-state index contributed by atoms with van der Waals surface area (Å²) in [6, 6.07) is 10.8. The van der Waals surface area contributed by atoms with Crippen LogP contribution in [0.2, 0.25) is 0 Å². The summed E-state index contributed by atoms with van der Waals surface area (Å²) in [5.41, 5.74) is 0.821. The number of alkyl halides is 3. The minimum Gasteiger partial charge on any atom is -0.480 e. The van der Waals surface area contributed by atoms with E-state index in [1.807, 2.05) is 0 Å². The number of rotatable bonds is 6. The summed E-state index contributed by atoms with van der Waals surface area (Å²) >= 11 is 0. The maximum absolute atomic E-state index is 12.4. The molecule has 162 valence electrons. The Hall–Kier alpha value is -3.23. The van der Waals surface area contributed by atoms with Crippen LogP contribution in [0.4, 0.5) is 18.0 Å². The van der Waals surface area contributed by atoms with Crippen LogP contribution in [-0.4, -0.2) is 35.2 Å². The number of ether oxygens (including phenoxy) is 2. The Labute approximate surface area is 171 Å². The first-order valence-electron chi connectivity index (χ1n) is 9.00. The molecule has 0 heterocycles. The highest BCUT2D eigenvalue weighted by molar-refractivity contribution is 5.80. The second kappa shape index (κ2) is 9.06. The number of carbonyl (C=O) groups excluding carboxylic acids is 1. The summed E-state index contributed by atoms with van der Waals surface area (Å²) in [4.78, 5) is 23.4. The van der Waals surface area contributed by atoms with E-state index in [2.05, 4.69) is 10.1 Å². The van der Waals surface area contributed by atoms with Gasteiger partial charge in [-0.3, -0.25) is 0 Å². The smallest absolute Gasteiger partial charge is 0.480 e. The van der Waals surface area contributed by atoms with Crippen molar-refractivity contribution in [1.29, 1.82) is 0 Å². The number of aliphatic carboxylic acids is 1. The summed E-state index contributed by atoms with van der Waals surface area (Å²) in [6.07, 6.45) is -5.70. The van der Waals surface area contributed by atoms with Gasteiger partial charge in [-0.2, -0.15) is 0 Å². The van der Waals surface area contributed by atoms with E-state index in [9.17, 15) is 27.9 Å². The molecule has 0 aliphatic carbocycles. The molecule has 0 radical (unpaired) electrons. The van der Waals surface area contributed by atoms with Crippen molar-refractivity contribution in [2.24, 2.45) is 0 Å². The molecule has 30 heavy (non-hydrogen) atoms. The number of carboxylic acid groups (broad SMARTS) is 1. The fourth-order valence-corrected chi connectivity index (χ4v) is 2.64. The number of nitrogens with one attached hydrogen (secondary N) is 1. The lowest BCUT2D eigenvalue weighted by molar-refractivity contribution is -0.274. The fourth-order valence-electron chi connectivity index (χ4n) is 2.64. The van der Waals surface area contributed by atoms with Crippen LogP contribution >= 0.6 is 0 Å². The van der Waals surface area contributed by atoms with Crippen molar-refractivity contribution in [1.82, 2.24) is 5.32 Å². The van der Waals surface area contributed by atoms with Gasteiger partial charge in [0.25, 0.3) is 0 Å². The molecule has 0 aromatic heterocycles. The van der Waals surface area contributed by atoms with Gasteiger partial charge >= 0.3 is 18.4 Å². The van der Waals surface area contributed by atoms with Crippen LogP contribution in [0.25, 0.3) is 11.1 Å². The van der Waals surface area contributed by atoms with Gasteiger partial charge in [-0.15, -0.1) is 13.2 Å². The van der Waals surface area contributed by atoms with Gasteiger partial charge < -0.3 is 19.9 Å². The van der Waals surface area contributed by atoms with Gasteiger partial charge in [-0.25, -0.2) is 9.59 Å². The van der Waals surface area contributed by atoms with E-state index in [0.29, 0.717) is 16.7 Å². The number of hydrogen-bond acceptors (Lipinski definition) is 4. The number of benzene rings is 2. The highest BCUT2D eigenvalue weighted by Crippen LogP contribution is 2.28. The molecule has 2 aromatic rings. The molecule has 0 bridgehead atoms. The van der Waals surface area contributed by atoms with Crippen molar-refractivity contribution in [3.05, 3.63) is 54.1 Å². The SMILES string of the molecule is CC(C)(C)OC(=O)N[C@@H](Cc1cccc(-c2cccc(OC(F)(F)F)c2)c1)C(=O)O. The molecular formula is C21H22F3NO5. The molecule has 2 rings (SSSR count). The van der Waals surface area contributed by atoms with E-state index in [1.165, 1.54) is 18.2 Å². The van der Waals surface area contributed by atoms with Gasteiger partial charge in [-0.05, 0) is 49.6 Å². The summed E-state index contributed by atoms with van der Waals surface area (Å²) in [5.74, 6) is -1.60. The van der Waals surface area contributed by atoms with Crippen LogP contribution in [0.5, 0.6) is 5.75 Å². The zero-order valence-corrected chi connectivity index (χ0v) is 16.6. The number of hydrogen-bond donors (Lipinski definition) is 2. The van der Waals surface area contributed by atoms with Crippen LogP contribution in [0, 0.1) is 0 Å². The lowest BCUT2D eigenvalue weighted by Crippen LogP contribution is -2.44. The van der Waals surface area contributed by atoms with Crippen LogP contribution in [0.1, 0.15) is 26.3 Å². The minimum atomic E-state index is -4.80. The number of halogens is 3. The standard InChI is InChI=1S/C21H22F3NO5/c1-20(2,3)30-19(28)25-17(18(26)27)11-13-6-4-7-14(10-13)15-8-5-9-16(12-15)29-21(22,23)24/h4-10,12,17H,11H2,1-3H3,(H,25,28)(H,26,27)/t17-/m0/s1. The van der Waals surface area contributed by atoms with Gasteiger partial charge in [-0.1, -0.05) is 36.4 Å². The Morgan fingerprint density at radius 1 is 1.03 bits per heavy atom. The average Bonchev–Trinajstić information content (AvgIpc) is 2.58. The van der Waals surface area contributed by atoms with E-state index in [1.54, 1.807) is 51.1 Å². The topological polar surface area (TPSA) is 84.9 Å². The number of amides is 1. The molecule has 0 unspecified atom stereocenters. The normalized spacial score (nSPS) is 12.7. The first kappa shape index (κ1) is 23.1. The van der Waals surface area contributed by atoms with Crippen molar-refractivity contribution in [2.75, 3.05) is 0 Å². The maximum atomic E-state index is 12.4. The third-order valence-corrected chi connectivity index (χ3v) is 3.76. The highest BCUT2D eigenvalue weighted by Gasteiger charge is 2.31. The van der Waals surface area contributed by atoms with Gasteiger partial charge in [0.2, 0.25) is 0 Å². The van der Waals surface area contributed by atoms with E-state index in [0.717, 1.165) is 0 Å². The molecule has 0 fully saturated rings. The Balaban J connectivity index is 2.18. The molecule has 0 spiro atoms. The predicted molar refractivity (Wildman–Crippen MR) is 103 cm³/mol. The largest absolute Gasteiger partial charge is 0.573 e. The van der Waals surface area contributed by atoms with Crippen molar-refractivity contribution in [3.63, 3.8) is 0 Å². The summed E-state index contributed by atoms with van der Waals surface area (Å²) < 4.78 is 46.3. The molecule has 0 aliphatic rings. The minimum absolute atomic E-state index is 0.0405. The Morgan fingerprint density at radius 2 is 1.63 bits per heavy atom. The zero-order valence-electron chi connectivity index (χ0n) is 16.6. The molecule has 0 saturated carbocycles. The summed E-state index contributed by atoms with van der Waals surface area (Å²) in [7, 11) is 0. The second-order valence-corrected chi connectivity index (χ2v) is 7.52. The van der Waals surface area contributed by atoms with E-state index < -0.39 is 30.1 Å². The van der Waals surface area contributed by atoms with Gasteiger partial charge in [0, 0.05) is 6.42 Å². The summed E-state index contributed by atoms with van der Waals surface area (Å²) in [6.45, 7) is 4.97. The Kier molecular flexibility index (Phi) is 6.96. The van der Waals surface area contributed by atoms with Crippen LogP contribution in [0.3, 0.4) is 0 Å². The van der Waals surface area contributed by atoms with Crippen molar-refractivity contribution in [2.45, 2.75) is 45.2 Å². The van der Waals surface area contributed by atoms with Crippen LogP contribution in [0.15, 0.2) is 48.5 Å². The van der Waals surface area contributed by atoms with Crippen molar-refractivity contribution in [3.8, 4) is 16.9 Å².